The maximum atomic E-state index is 11.9. The molecule has 0 aromatic carbocycles. The van der Waals surface area contributed by atoms with Crippen LogP contribution in [-0.2, 0) is 9.53 Å². The highest BCUT2D eigenvalue weighted by atomic mass is 16.5. The Morgan fingerprint density at radius 3 is 2.16 bits per heavy atom. The molecule has 0 saturated heterocycles. The number of carbonyl (C=O) groups is 1. The van der Waals surface area contributed by atoms with E-state index in [1.807, 2.05) is 0 Å². The number of carbonyl (C=O) groups excluding carboxylic acids is 1. The van der Waals surface area contributed by atoms with E-state index in [1.54, 1.807) is 32.9 Å². The average Bonchev–Trinajstić information content (AvgIpc) is 3.04. The third-order valence-electron chi connectivity index (χ3n) is 12.4. The van der Waals surface area contributed by atoms with Gasteiger partial charge in [0, 0.05) is 18.3 Å². The van der Waals surface area contributed by atoms with E-state index in [1.165, 1.54) is 6.92 Å². The molecule has 6 nitrogen and oxygen atoms in total. The van der Waals surface area contributed by atoms with Crippen molar-refractivity contribution < 1.29 is 30.0 Å². The van der Waals surface area contributed by atoms with E-state index < -0.39 is 29.3 Å². The van der Waals surface area contributed by atoms with Gasteiger partial charge in [-0.25, -0.2) is 0 Å². The van der Waals surface area contributed by atoms with Crippen LogP contribution >= 0.6 is 0 Å². The molecule has 4 N–H and O–H groups in total. The van der Waals surface area contributed by atoms with E-state index in [-0.39, 0.29) is 45.6 Å². The Labute approximate surface area is 230 Å². The number of esters is 1. The van der Waals surface area contributed by atoms with E-state index in [9.17, 15) is 25.2 Å². The van der Waals surface area contributed by atoms with Crippen LogP contribution in [0.1, 0.15) is 107 Å². The van der Waals surface area contributed by atoms with Gasteiger partial charge in [0.15, 0.2) is 0 Å². The molecule has 0 bridgehead atoms. The fraction of sp³-hybridized carbons (Fsp3) is 0.906. The van der Waals surface area contributed by atoms with Gasteiger partial charge in [0.25, 0.3) is 0 Å². The molecule has 218 valence electrons. The molecular formula is C32H54O6. The van der Waals surface area contributed by atoms with Crippen molar-refractivity contribution in [2.45, 2.75) is 137 Å². The predicted octanol–water partition coefficient (Wildman–Crippen LogP) is 5.01. The smallest absolute Gasteiger partial charge is 0.302 e. The first kappa shape index (κ1) is 30.0. The van der Waals surface area contributed by atoms with Gasteiger partial charge in [-0.2, -0.15) is 0 Å². The highest BCUT2D eigenvalue weighted by Crippen LogP contribution is 2.75. The fourth-order valence-corrected chi connectivity index (χ4v) is 10.7. The quantitative estimate of drug-likeness (QED) is 0.292. The molecule has 6 heteroatoms. The third-order valence-corrected chi connectivity index (χ3v) is 12.4. The van der Waals surface area contributed by atoms with Gasteiger partial charge in [0.2, 0.25) is 0 Å². The summed E-state index contributed by atoms with van der Waals surface area (Å²) < 4.78 is 5.82. The molecule has 0 radical (unpaired) electrons. The molecule has 4 aliphatic carbocycles. The molecule has 4 rings (SSSR count). The van der Waals surface area contributed by atoms with E-state index in [2.05, 4.69) is 34.6 Å². The van der Waals surface area contributed by atoms with Crippen LogP contribution in [0.4, 0.5) is 0 Å². The molecule has 0 aromatic rings. The Morgan fingerprint density at radius 1 is 0.947 bits per heavy atom. The first-order chi connectivity index (χ1) is 17.2. The van der Waals surface area contributed by atoms with Crippen molar-refractivity contribution in [3.63, 3.8) is 0 Å². The van der Waals surface area contributed by atoms with Crippen LogP contribution in [0.3, 0.4) is 0 Å². The Hall–Kier alpha value is -0.950. The van der Waals surface area contributed by atoms with Gasteiger partial charge < -0.3 is 25.2 Å². The maximum absolute atomic E-state index is 11.9. The minimum atomic E-state index is -1.21. The summed E-state index contributed by atoms with van der Waals surface area (Å²) in [5.74, 6) is -0.237. The van der Waals surface area contributed by atoms with Gasteiger partial charge in [-0.15, -0.1) is 0 Å². The van der Waals surface area contributed by atoms with Crippen molar-refractivity contribution in [1.82, 2.24) is 0 Å². The lowest BCUT2D eigenvalue weighted by Crippen LogP contribution is -2.66. The van der Waals surface area contributed by atoms with Crippen molar-refractivity contribution in [2.75, 3.05) is 0 Å². The first-order valence-electron chi connectivity index (χ1n) is 14.9. The number of fused-ring (bicyclic) bond motifs is 5. The SMILES string of the molecule is CC(=O)O[C@H]1CC[C@@]2(C)[C@H](CC[C@]3(C)[C@@H]2C[C@@H](O)[C@@H]2[C@@H]([C@@](C)(O)C/C=C/C(C)(C)O)[C@@H](O)C[C@]23C)C1(C)C. The molecule has 4 aliphatic rings. The molecule has 0 aliphatic heterocycles. The topological polar surface area (TPSA) is 107 Å². The van der Waals surface area contributed by atoms with Crippen molar-refractivity contribution in [3.8, 4) is 0 Å². The largest absolute Gasteiger partial charge is 0.462 e. The average molecular weight is 535 g/mol. The standard InChI is InChI=1S/C32H54O6/c1-19(33)38-24-12-15-29(6)22(28(24,4)5)11-16-30(7)23(29)17-20(34)25-26(21(35)18-31(25,30)8)32(9,37)14-10-13-27(2,3)36/h10,13,20-26,34-37H,11-12,14-18H2,1-9H3/b13-10+/t20-,21+,22-,23-,24+,25-,26+,29+,30-,31-,32+/m1/s1. The summed E-state index contributed by atoms with van der Waals surface area (Å²) in [6.45, 7) is 18.2. The second-order valence-electron chi connectivity index (χ2n) is 15.7. The Morgan fingerprint density at radius 2 is 1.58 bits per heavy atom. The molecular weight excluding hydrogens is 480 g/mol. The van der Waals surface area contributed by atoms with E-state index >= 15 is 0 Å². The molecule has 0 unspecified atom stereocenters. The van der Waals surface area contributed by atoms with Crippen LogP contribution in [0.5, 0.6) is 0 Å². The lowest BCUT2D eigenvalue weighted by molar-refractivity contribution is -0.248. The summed E-state index contributed by atoms with van der Waals surface area (Å²) in [4.78, 5) is 11.9. The highest BCUT2D eigenvalue weighted by Gasteiger charge is 2.73. The molecule has 0 amide bonds. The number of hydrogen-bond donors (Lipinski definition) is 4. The van der Waals surface area contributed by atoms with Crippen molar-refractivity contribution in [1.29, 1.82) is 0 Å². The molecule has 0 heterocycles. The Kier molecular flexibility index (Phi) is 7.34. The molecule has 0 aromatic heterocycles. The number of ether oxygens (including phenoxy) is 1. The highest BCUT2D eigenvalue weighted by molar-refractivity contribution is 5.66. The lowest BCUT2D eigenvalue weighted by Gasteiger charge is -2.70. The first-order valence-corrected chi connectivity index (χ1v) is 14.9. The van der Waals surface area contributed by atoms with E-state index in [0.717, 1.165) is 25.7 Å². The lowest BCUT2D eigenvalue weighted by atomic mass is 9.35. The molecule has 11 atom stereocenters. The van der Waals surface area contributed by atoms with Gasteiger partial charge in [0.1, 0.15) is 6.10 Å². The predicted molar refractivity (Wildman–Crippen MR) is 148 cm³/mol. The van der Waals surface area contributed by atoms with E-state index in [0.29, 0.717) is 25.2 Å². The van der Waals surface area contributed by atoms with Crippen LogP contribution in [0.15, 0.2) is 12.2 Å². The van der Waals surface area contributed by atoms with Crippen LogP contribution in [0.25, 0.3) is 0 Å². The number of rotatable bonds is 5. The van der Waals surface area contributed by atoms with Gasteiger partial charge >= 0.3 is 5.97 Å². The van der Waals surface area contributed by atoms with Crippen molar-refractivity contribution >= 4 is 5.97 Å². The van der Waals surface area contributed by atoms with Crippen LogP contribution < -0.4 is 0 Å². The van der Waals surface area contributed by atoms with Crippen molar-refractivity contribution in [2.24, 2.45) is 45.3 Å². The zero-order chi connectivity index (χ0) is 28.7. The third kappa shape index (κ3) is 4.50. The zero-order valence-corrected chi connectivity index (χ0v) is 25.3. The van der Waals surface area contributed by atoms with Crippen LogP contribution in [-0.4, -0.2) is 55.9 Å². The van der Waals surface area contributed by atoms with Crippen molar-refractivity contribution in [3.05, 3.63) is 12.2 Å². The summed E-state index contributed by atoms with van der Waals surface area (Å²) in [6, 6.07) is 0. The van der Waals surface area contributed by atoms with Crippen LogP contribution in [0.2, 0.25) is 0 Å². The molecule has 4 fully saturated rings. The van der Waals surface area contributed by atoms with Gasteiger partial charge in [-0.3, -0.25) is 4.79 Å². The number of hydrogen-bond acceptors (Lipinski definition) is 6. The van der Waals surface area contributed by atoms with E-state index in [4.69, 9.17) is 4.74 Å². The number of aliphatic hydroxyl groups is 4. The summed E-state index contributed by atoms with van der Waals surface area (Å²) in [6.07, 6.45) is 7.42. The summed E-state index contributed by atoms with van der Waals surface area (Å²) in [5.41, 5.74) is -2.77. The van der Waals surface area contributed by atoms with Crippen LogP contribution in [0, 0.1) is 45.3 Å². The molecule has 0 spiro atoms. The van der Waals surface area contributed by atoms with Gasteiger partial charge in [-0.05, 0) is 99.7 Å². The second kappa shape index (κ2) is 9.29. The number of aliphatic hydroxyl groups excluding tert-OH is 2. The van der Waals surface area contributed by atoms with Gasteiger partial charge in [-0.1, -0.05) is 46.8 Å². The summed E-state index contributed by atoms with van der Waals surface area (Å²) in [7, 11) is 0. The second-order valence-corrected chi connectivity index (χ2v) is 15.7. The monoisotopic (exact) mass is 534 g/mol. The Bertz CT molecular complexity index is 948. The summed E-state index contributed by atoms with van der Waals surface area (Å²) >= 11 is 0. The Balaban J connectivity index is 1.68. The molecule has 38 heavy (non-hydrogen) atoms. The minimum Gasteiger partial charge on any atom is -0.462 e. The van der Waals surface area contributed by atoms with Gasteiger partial charge in [0.05, 0.1) is 23.4 Å². The maximum Gasteiger partial charge on any atom is 0.302 e. The normalized spacial score (nSPS) is 48.1. The fourth-order valence-electron chi connectivity index (χ4n) is 10.7. The zero-order valence-electron chi connectivity index (χ0n) is 25.3. The molecule has 4 saturated carbocycles. The summed E-state index contributed by atoms with van der Waals surface area (Å²) in [5, 5.41) is 45.2. The minimum absolute atomic E-state index is 0.0108.